The van der Waals surface area contributed by atoms with Crippen molar-refractivity contribution in [3.8, 4) is 5.69 Å². The molecule has 4 rings (SSSR count). The molecule has 0 spiro atoms. The molecule has 1 aliphatic heterocycles. The Balaban J connectivity index is 1.69. The van der Waals surface area contributed by atoms with Crippen LogP contribution in [-0.2, 0) is 0 Å². The SMILES string of the molecule is Cc1cccc(C(=O)N2CCCCC2c2nncn2-c2ccccc2)c1. The number of benzene rings is 2. The van der Waals surface area contributed by atoms with E-state index < -0.39 is 0 Å². The lowest BCUT2D eigenvalue weighted by Gasteiger charge is -2.35. The Labute approximate surface area is 153 Å². The number of carbonyl (C=O) groups is 1. The van der Waals surface area contributed by atoms with Gasteiger partial charge in [0.15, 0.2) is 5.82 Å². The maximum absolute atomic E-state index is 13.2. The molecule has 1 amide bonds. The van der Waals surface area contributed by atoms with E-state index in [-0.39, 0.29) is 11.9 Å². The number of carbonyl (C=O) groups excluding carboxylic acids is 1. The third-order valence-electron chi connectivity index (χ3n) is 4.94. The average Bonchev–Trinajstić information content (AvgIpc) is 3.18. The van der Waals surface area contributed by atoms with E-state index in [1.165, 1.54) is 0 Å². The van der Waals surface area contributed by atoms with E-state index in [0.717, 1.165) is 48.4 Å². The van der Waals surface area contributed by atoms with Crippen molar-refractivity contribution in [3.63, 3.8) is 0 Å². The van der Waals surface area contributed by atoms with Crippen molar-refractivity contribution in [1.29, 1.82) is 0 Å². The van der Waals surface area contributed by atoms with Crippen molar-refractivity contribution >= 4 is 5.91 Å². The van der Waals surface area contributed by atoms with Crippen LogP contribution < -0.4 is 0 Å². The first-order valence-electron chi connectivity index (χ1n) is 9.07. The summed E-state index contributed by atoms with van der Waals surface area (Å²) in [5, 5.41) is 8.51. The van der Waals surface area contributed by atoms with Crippen LogP contribution in [0.25, 0.3) is 5.69 Å². The molecule has 3 aromatic rings. The van der Waals surface area contributed by atoms with Crippen LogP contribution in [0.5, 0.6) is 0 Å². The third kappa shape index (κ3) is 3.12. The van der Waals surface area contributed by atoms with E-state index in [1.807, 2.05) is 71.0 Å². The molecule has 132 valence electrons. The second-order valence-corrected chi connectivity index (χ2v) is 6.77. The molecular formula is C21H22N4O. The Morgan fingerprint density at radius 3 is 2.73 bits per heavy atom. The Morgan fingerprint density at radius 1 is 1.08 bits per heavy atom. The summed E-state index contributed by atoms with van der Waals surface area (Å²) in [7, 11) is 0. The van der Waals surface area contributed by atoms with Gasteiger partial charge in [-0.1, -0.05) is 35.9 Å². The highest BCUT2D eigenvalue weighted by molar-refractivity contribution is 5.94. The van der Waals surface area contributed by atoms with Crippen LogP contribution in [0.1, 0.15) is 47.1 Å². The summed E-state index contributed by atoms with van der Waals surface area (Å²) in [6, 6.07) is 17.8. The lowest BCUT2D eigenvalue weighted by molar-refractivity contribution is 0.0597. The minimum atomic E-state index is -0.0560. The summed E-state index contributed by atoms with van der Waals surface area (Å²) in [5.74, 6) is 0.901. The van der Waals surface area contributed by atoms with Gasteiger partial charge in [0.05, 0.1) is 6.04 Å². The molecule has 0 aliphatic carbocycles. The van der Waals surface area contributed by atoms with Crippen LogP contribution in [0, 0.1) is 6.92 Å². The molecule has 1 fully saturated rings. The maximum Gasteiger partial charge on any atom is 0.254 e. The van der Waals surface area contributed by atoms with E-state index in [4.69, 9.17) is 0 Å². The Bertz CT molecular complexity index is 903. The van der Waals surface area contributed by atoms with Gasteiger partial charge in [-0.2, -0.15) is 0 Å². The molecule has 5 nitrogen and oxygen atoms in total. The maximum atomic E-state index is 13.2. The van der Waals surface area contributed by atoms with Crippen molar-refractivity contribution in [2.45, 2.75) is 32.2 Å². The minimum absolute atomic E-state index is 0.0560. The zero-order valence-electron chi connectivity index (χ0n) is 14.9. The van der Waals surface area contributed by atoms with E-state index in [1.54, 1.807) is 6.33 Å². The number of para-hydroxylation sites is 1. The van der Waals surface area contributed by atoms with Crippen LogP contribution in [0.3, 0.4) is 0 Å². The zero-order valence-corrected chi connectivity index (χ0v) is 14.9. The first-order chi connectivity index (χ1) is 12.7. The molecular weight excluding hydrogens is 324 g/mol. The lowest BCUT2D eigenvalue weighted by Crippen LogP contribution is -2.39. The lowest BCUT2D eigenvalue weighted by atomic mass is 9.99. The Morgan fingerprint density at radius 2 is 1.92 bits per heavy atom. The van der Waals surface area contributed by atoms with Gasteiger partial charge in [-0.3, -0.25) is 9.36 Å². The zero-order chi connectivity index (χ0) is 17.9. The third-order valence-corrected chi connectivity index (χ3v) is 4.94. The molecule has 1 aliphatic rings. The van der Waals surface area contributed by atoms with Gasteiger partial charge in [0, 0.05) is 17.8 Å². The molecule has 1 unspecified atom stereocenters. The fourth-order valence-electron chi connectivity index (χ4n) is 3.65. The van der Waals surface area contributed by atoms with Gasteiger partial charge in [0.25, 0.3) is 5.91 Å². The van der Waals surface area contributed by atoms with Crippen molar-refractivity contribution < 1.29 is 4.79 Å². The molecule has 1 saturated heterocycles. The molecule has 1 aromatic heterocycles. The highest BCUT2D eigenvalue weighted by Gasteiger charge is 2.32. The van der Waals surface area contributed by atoms with Crippen LogP contribution >= 0.6 is 0 Å². The van der Waals surface area contributed by atoms with Gasteiger partial charge < -0.3 is 4.90 Å². The van der Waals surface area contributed by atoms with Crippen molar-refractivity contribution in [1.82, 2.24) is 19.7 Å². The number of amides is 1. The van der Waals surface area contributed by atoms with Crippen LogP contribution in [0.15, 0.2) is 60.9 Å². The van der Waals surface area contributed by atoms with Crippen LogP contribution in [0.4, 0.5) is 0 Å². The summed E-state index contributed by atoms with van der Waals surface area (Å²) in [6.07, 6.45) is 4.75. The van der Waals surface area contributed by atoms with Gasteiger partial charge in [-0.05, 0) is 50.5 Å². The number of piperidine rings is 1. The fraction of sp³-hybridized carbons (Fsp3) is 0.286. The number of likely N-dealkylation sites (tertiary alicyclic amines) is 1. The number of rotatable bonds is 3. The fourth-order valence-corrected chi connectivity index (χ4v) is 3.65. The van der Waals surface area contributed by atoms with Gasteiger partial charge in [-0.15, -0.1) is 10.2 Å². The number of nitrogens with zero attached hydrogens (tertiary/aromatic N) is 4. The van der Waals surface area contributed by atoms with E-state index in [9.17, 15) is 4.79 Å². The number of aryl methyl sites for hydroxylation is 1. The minimum Gasteiger partial charge on any atom is -0.328 e. The highest BCUT2D eigenvalue weighted by atomic mass is 16.2. The van der Waals surface area contributed by atoms with Gasteiger partial charge in [0.1, 0.15) is 6.33 Å². The molecule has 2 aromatic carbocycles. The monoisotopic (exact) mass is 346 g/mol. The average molecular weight is 346 g/mol. The van der Waals surface area contributed by atoms with Crippen LogP contribution in [0.2, 0.25) is 0 Å². The highest BCUT2D eigenvalue weighted by Crippen LogP contribution is 2.32. The predicted octanol–water partition coefficient (Wildman–Crippen LogP) is 3.94. The van der Waals surface area contributed by atoms with E-state index >= 15 is 0 Å². The molecule has 0 bridgehead atoms. The summed E-state index contributed by atoms with van der Waals surface area (Å²) in [6.45, 7) is 2.76. The van der Waals surface area contributed by atoms with Crippen molar-refractivity contribution in [2.24, 2.45) is 0 Å². The molecule has 26 heavy (non-hydrogen) atoms. The number of aromatic nitrogens is 3. The number of hydrogen-bond donors (Lipinski definition) is 0. The largest absolute Gasteiger partial charge is 0.328 e. The van der Waals surface area contributed by atoms with E-state index in [0.29, 0.717) is 0 Å². The smallest absolute Gasteiger partial charge is 0.254 e. The molecule has 0 N–H and O–H groups in total. The van der Waals surface area contributed by atoms with Crippen LogP contribution in [-0.4, -0.2) is 32.1 Å². The molecule has 2 heterocycles. The Kier molecular flexibility index (Phi) is 4.52. The van der Waals surface area contributed by atoms with Crippen molar-refractivity contribution in [2.75, 3.05) is 6.54 Å². The Hall–Kier alpha value is -2.95. The summed E-state index contributed by atoms with van der Waals surface area (Å²) < 4.78 is 1.99. The quantitative estimate of drug-likeness (QED) is 0.722. The molecule has 0 saturated carbocycles. The summed E-state index contributed by atoms with van der Waals surface area (Å²) in [5.41, 5.74) is 2.85. The van der Waals surface area contributed by atoms with Gasteiger partial charge in [0.2, 0.25) is 0 Å². The van der Waals surface area contributed by atoms with Gasteiger partial charge >= 0.3 is 0 Å². The predicted molar refractivity (Wildman–Crippen MR) is 100 cm³/mol. The topological polar surface area (TPSA) is 51.0 Å². The molecule has 0 radical (unpaired) electrons. The standard InChI is InChI=1S/C21H22N4O/c1-16-8-7-9-17(14-16)21(26)24-13-6-5-12-19(24)20-23-22-15-25(20)18-10-3-2-4-11-18/h2-4,7-11,14-15,19H,5-6,12-13H2,1H3. The summed E-state index contributed by atoms with van der Waals surface area (Å²) in [4.78, 5) is 15.1. The molecule has 5 heteroatoms. The second kappa shape index (κ2) is 7.12. The number of hydrogen-bond acceptors (Lipinski definition) is 3. The first-order valence-corrected chi connectivity index (χ1v) is 9.07. The summed E-state index contributed by atoms with van der Waals surface area (Å²) >= 11 is 0. The molecule has 1 atom stereocenters. The normalized spacial score (nSPS) is 17.3. The van der Waals surface area contributed by atoms with Gasteiger partial charge in [-0.25, -0.2) is 0 Å². The van der Waals surface area contributed by atoms with E-state index in [2.05, 4.69) is 10.2 Å². The first kappa shape index (κ1) is 16.5. The van der Waals surface area contributed by atoms with Crippen molar-refractivity contribution in [3.05, 3.63) is 77.9 Å². The second-order valence-electron chi connectivity index (χ2n) is 6.77.